The van der Waals surface area contributed by atoms with Crippen LogP contribution in [0.3, 0.4) is 0 Å². The van der Waals surface area contributed by atoms with Gasteiger partial charge in [-0.2, -0.15) is 4.98 Å². The zero-order chi connectivity index (χ0) is 16.9. The number of carbonyl (C=O) groups is 1. The van der Waals surface area contributed by atoms with Gasteiger partial charge >= 0.3 is 0 Å². The van der Waals surface area contributed by atoms with E-state index < -0.39 is 0 Å². The zero-order valence-corrected chi connectivity index (χ0v) is 15.0. The van der Waals surface area contributed by atoms with Crippen LogP contribution in [0.2, 0.25) is 0 Å². The van der Waals surface area contributed by atoms with Crippen LogP contribution in [0.15, 0.2) is 57.3 Å². The Kier molecular flexibility index (Phi) is 5.32. The lowest BCUT2D eigenvalue weighted by atomic mass is 10.4. The fraction of sp³-hybridized carbons (Fsp3) is 0.235. The number of carbonyl (C=O) groups excluding carboxylic acids is 1. The SMILES string of the molecule is C[C@H](Sc1ccccc1)C(=O)N(C)Cc1nc(-c2cccs2)no1. The largest absolute Gasteiger partial charge is 0.337 e. The highest BCUT2D eigenvalue weighted by atomic mass is 32.2. The molecule has 1 amide bonds. The minimum absolute atomic E-state index is 0.0275. The second kappa shape index (κ2) is 7.63. The van der Waals surface area contributed by atoms with Crippen LogP contribution in [0.25, 0.3) is 10.7 Å². The first-order valence-electron chi connectivity index (χ1n) is 7.46. The van der Waals surface area contributed by atoms with Crippen molar-refractivity contribution in [2.45, 2.75) is 23.6 Å². The molecule has 2 heterocycles. The molecule has 0 aliphatic carbocycles. The van der Waals surface area contributed by atoms with Gasteiger partial charge in [0.1, 0.15) is 0 Å². The number of amides is 1. The molecule has 0 radical (unpaired) electrons. The van der Waals surface area contributed by atoms with Crippen molar-refractivity contribution in [3.63, 3.8) is 0 Å². The average Bonchev–Trinajstić information content (AvgIpc) is 3.26. The van der Waals surface area contributed by atoms with Gasteiger partial charge in [-0.25, -0.2) is 0 Å². The van der Waals surface area contributed by atoms with E-state index in [2.05, 4.69) is 10.1 Å². The monoisotopic (exact) mass is 359 g/mol. The van der Waals surface area contributed by atoms with Gasteiger partial charge < -0.3 is 9.42 Å². The van der Waals surface area contributed by atoms with E-state index in [1.165, 1.54) is 11.8 Å². The van der Waals surface area contributed by atoms with E-state index >= 15 is 0 Å². The van der Waals surface area contributed by atoms with E-state index in [0.717, 1.165) is 9.77 Å². The van der Waals surface area contributed by atoms with Gasteiger partial charge in [-0.1, -0.05) is 29.4 Å². The Morgan fingerprint density at radius 1 is 1.29 bits per heavy atom. The van der Waals surface area contributed by atoms with Crippen molar-refractivity contribution in [3.8, 4) is 10.7 Å². The number of hydrogen-bond acceptors (Lipinski definition) is 6. The summed E-state index contributed by atoms with van der Waals surface area (Å²) in [5, 5.41) is 5.74. The van der Waals surface area contributed by atoms with Gasteiger partial charge in [0.25, 0.3) is 0 Å². The van der Waals surface area contributed by atoms with Crippen molar-refractivity contribution < 1.29 is 9.32 Å². The average molecular weight is 359 g/mol. The molecule has 0 fully saturated rings. The highest BCUT2D eigenvalue weighted by Crippen LogP contribution is 2.25. The Bertz CT molecular complexity index is 787. The first kappa shape index (κ1) is 16.7. The van der Waals surface area contributed by atoms with Gasteiger partial charge in [-0.3, -0.25) is 4.79 Å². The smallest absolute Gasteiger partial charge is 0.246 e. The molecule has 0 saturated carbocycles. The Hall–Kier alpha value is -2.12. The summed E-state index contributed by atoms with van der Waals surface area (Å²) >= 11 is 3.09. The van der Waals surface area contributed by atoms with E-state index in [1.54, 1.807) is 23.3 Å². The third kappa shape index (κ3) is 4.04. The molecule has 0 N–H and O–H groups in total. The van der Waals surface area contributed by atoms with Crippen LogP contribution in [-0.4, -0.2) is 33.2 Å². The van der Waals surface area contributed by atoms with Crippen molar-refractivity contribution in [3.05, 3.63) is 53.7 Å². The van der Waals surface area contributed by atoms with Crippen molar-refractivity contribution >= 4 is 29.0 Å². The molecular weight excluding hydrogens is 342 g/mol. The quantitative estimate of drug-likeness (QED) is 0.624. The number of rotatable bonds is 6. The molecule has 0 aliphatic rings. The Morgan fingerprint density at radius 2 is 2.08 bits per heavy atom. The van der Waals surface area contributed by atoms with Gasteiger partial charge in [0.05, 0.1) is 16.7 Å². The Balaban J connectivity index is 1.60. The summed E-state index contributed by atoms with van der Waals surface area (Å²) in [6.45, 7) is 2.21. The van der Waals surface area contributed by atoms with Gasteiger partial charge in [0.2, 0.25) is 17.6 Å². The van der Waals surface area contributed by atoms with Crippen LogP contribution in [-0.2, 0) is 11.3 Å². The predicted octanol–water partition coefficient (Wildman–Crippen LogP) is 3.94. The number of hydrogen-bond donors (Lipinski definition) is 0. The summed E-state index contributed by atoms with van der Waals surface area (Å²) < 4.78 is 5.25. The summed E-state index contributed by atoms with van der Waals surface area (Å²) in [5.41, 5.74) is 0. The first-order valence-corrected chi connectivity index (χ1v) is 9.22. The highest BCUT2D eigenvalue weighted by Gasteiger charge is 2.21. The van der Waals surface area contributed by atoms with E-state index in [4.69, 9.17) is 4.52 Å². The molecule has 24 heavy (non-hydrogen) atoms. The molecule has 1 atom stereocenters. The van der Waals surface area contributed by atoms with E-state index in [9.17, 15) is 4.79 Å². The molecule has 0 spiro atoms. The lowest BCUT2D eigenvalue weighted by Gasteiger charge is -2.19. The van der Waals surface area contributed by atoms with Crippen molar-refractivity contribution in [1.29, 1.82) is 0 Å². The van der Waals surface area contributed by atoms with Crippen molar-refractivity contribution in [2.75, 3.05) is 7.05 Å². The standard InChI is InChI=1S/C17H17N3O2S2/c1-12(24-13-7-4-3-5-8-13)17(21)20(2)11-15-18-16(19-22-15)14-9-6-10-23-14/h3-10,12H,11H2,1-2H3/t12-/m0/s1. The lowest BCUT2D eigenvalue weighted by molar-refractivity contribution is -0.129. The minimum Gasteiger partial charge on any atom is -0.337 e. The normalized spacial score (nSPS) is 12.1. The predicted molar refractivity (Wildman–Crippen MR) is 95.8 cm³/mol. The molecule has 7 heteroatoms. The van der Waals surface area contributed by atoms with Crippen molar-refractivity contribution in [1.82, 2.24) is 15.0 Å². The summed E-state index contributed by atoms with van der Waals surface area (Å²) in [6.07, 6.45) is 0. The second-order valence-electron chi connectivity index (χ2n) is 5.26. The number of nitrogens with zero attached hydrogens (tertiary/aromatic N) is 3. The van der Waals surface area contributed by atoms with Crippen LogP contribution in [0.4, 0.5) is 0 Å². The van der Waals surface area contributed by atoms with Crippen molar-refractivity contribution in [2.24, 2.45) is 0 Å². The molecular formula is C17H17N3O2S2. The van der Waals surface area contributed by atoms with E-state index in [1.807, 2.05) is 54.8 Å². The van der Waals surface area contributed by atoms with Gasteiger partial charge in [0.15, 0.2) is 0 Å². The van der Waals surface area contributed by atoms with Gasteiger partial charge in [-0.05, 0) is 30.5 Å². The number of thioether (sulfide) groups is 1. The second-order valence-corrected chi connectivity index (χ2v) is 7.62. The number of benzene rings is 1. The van der Waals surface area contributed by atoms with Crippen LogP contribution >= 0.6 is 23.1 Å². The van der Waals surface area contributed by atoms with Crippen LogP contribution in [0.1, 0.15) is 12.8 Å². The van der Waals surface area contributed by atoms with Gasteiger partial charge in [-0.15, -0.1) is 23.1 Å². The molecule has 0 unspecified atom stereocenters. The van der Waals surface area contributed by atoms with E-state index in [-0.39, 0.29) is 11.2 Å². The number of thiophene rings is 1. The molecule has 0 aliphatic heterocycles. The molecule has 2 aromatic heterocycles. The molecule has 3 aromatic rings. The molecule has 124 valence electrons. The fourth-order valence-electron chi connectivity index (χ4n) is 2.17. The maximum atomic E-state index is 12.5. The summed E-state index contributed by atoms with van der Waals surface area (Å²) in [7, 11) is 1.75. The third-order valence-electron chi connectivity index (χ3n) is 3.36. The zero-order valence-electron chi connectivity index (χ0n) is 13.4. The maximum absolute atomic E-state index is 12.5. The Labute approximate surface area is 148 Å². The lowest BCUT2D eigenvalue weighted by Crippen LogP contribution is -2.32. The molecule has 0 saturated heterocycles. The summed E-state index contributed by atoms with van der Waals surface area (Å²) in [6, 6.07) is 13.8. The summed E-state index contributed by atoms with van der Waals surface area (Å²) in [5.74, 6) is 1.03. The highest BCUT2D eigenvalue weighted by molar-refractivity contribution is 8.00. The molecule has 3 rings (SSSR count). The number of aromatic nitrogens is 2. The first-order chi connectivity index (χ1) is 11.6. The maximum Gasteiger partial charge on any atom is 0.246 e. The van der Waals surface area contributed by atoms with Crippen LogP contribution < -0.4 is 0 Å². The van der Waals surface area contributed by atoms with Gasteiger partial charge in [0, 0.05) is 11.9 Å². The molecule has 5 nitrogen and oxygen atoms in total. The molecule has 1 aromatic carbocycles. The topological polar surface area (TPSA) is 59.2 Å². The van der Waals surface area contributed by atoms with E-state index in [0.29, 0.717) is 18.3 Å². The minimum atomic E-state index is -0.183. The summed E-state index contributed by atoms with van der Waals surface area (Å²) in [4.78, 5) is 20.5. The third-order valence-corrected chi connectivity index (χ3v) is 5.33. The molecule has 0 bridgehead atoms. The van der Waals surface area contributed by atoms with Crippen LogP contribution in [0, 0.1) is 0 Å². The fourth-order valence-corrected chi connectivity index (χ4v) is 3.82. The Morgan fingerprint density at radius 3 is 2.79 bits per heavy atom. The van der Waals surface area contributed by atoms with Crippen LogP contribution in [0.5, 0.6) is 0 Å².